The van der Waals surface area contributed by atoms with Crippen LogP contribution in [-0.4, -0.2) is 68.0 Å². The maximum atomic E-state index is 12.4. The molecule has 2 heterocycles. The number of fused-ring (bicyclic) bond motifs is 1. The molecular weight excluding hydrogens is 328 g/mol. The fourth-order valence-electron chi connectivity index (χ4n) is 4.56. The van der Waals surface area contributed by atoms with Crippen molar-refractivity contribution in [2.24, 2.45) is 23.2 Å². The highest BCUT2D eigenvalue weighted by atomic mass is 16.7. The topological polar surface area (TPSA) is 77.5 Å². The minimum absolute atomic E-state index is 0.0504. The van der Waals surface area contributed by atoms with Gasteiger partial charge in [0.05, 0.1) is 26.4 Å². The molecule has 0 radical (unpaired) electrons. The second kappa shape index (κ2) is 6.99. The van der Waals surface area contributed by atoms with Crippen LogP contribution in [-0.2, 0) is 18.9 Å². The molecule has 2 aliphatic heterocycles. The first-order chi connectivity index (χ1) is 11.9. The molecule has 3 fully saturated rings. The van der Waals surface area contributed by atoms with Crippen molar-refractivity contribution in [2.75, 3.05) is 39.5 Å². The van der Waals surface area contributed by atoms with Crippen LogP contribution in [0, 0.1) is 23.2 Å². The Morgan fingerprint density at radius 2 is 1.52 bits per heavy atom. The van der Waals surface area contributed by atoms with Crippen molar-refractivity contribution < 1.29 is 28.5 Å². The Balaban J connectivity index is 1.80. The van der Waals surface area contributed by atoms with Crippen molar-refractivity contribution in [3.05, 3.63) is 0 Å². The van der Waals surface area contributed by atoms with Crippen LogP contribution in [0.5, 0.6) is 0 Å². The number of hydrazine groups is 1. The van der Waals surface area contributed by atoms with E-state index in [9.17, 15) is 9.59 Å². The van der Waals surface area contributed by atoms with Gasteiger partial charge in [-0.2, -0.15) is 0 Å². The first-order valence-corrected chi connectivity index (χ1v) is 9.03. The van der Waals surface area contributed by atoms with Gasteiger partial charge in [-0.3, -0.25) is 0 Å². The fraction of sp³-hybridized carbons (Fsp3) is 0.882. The Morgan fingerprint density at radius 1 is 1.00 bits per heavy atom. The molecule has 0 unspecified atom stereocenters. The minimum atomic E-state index is -0.522. The molecule has 8 nitrogen and oxygen atoms in total. The molecular formula is C17H28N2O6. The first-order valence-electron chi connectivity index (χ1n) is 9.03. The van der Waals surface area contributed by atoms with E-state index < -0.39 is 12.2 Å². The number of hydrogen-bond donors (Lipinski definition) is 0. The largest absolute Gasteiger partial charge is 0.448 e. The Kier molecular flexibility index (Phi) is 5.11. The highest BCUT2D eigenvalue weighted by molar-refractivity contribution is 5.74. The van der Waals surface area contributed by atoms with Gasteiger partial charge in [-0.1, -0.05) is 13.8 Å². The molecule has 1 aliphatic carbocycles. The van der Waals surface area contributed by atoms with Gasteiger partial charge >= 0.3 is 12.2 Å². The summed E-state index contributed by atoms with van der Waals surface area (Å²) in [5.41, 5.74) is -0.0504. The SMILES string of the molecule is CCOC(=O)N1C[C@H]2[C@@H](CN1C(=O)OCC)C(C)(C)[C@@H]2C1OCCO1. The normalized spacial score (nSPS) is 31.3. The summed E-state index contributed by atoms with van der Waals surface area (Å²) in [5, 5.41) is 2.76. The standard InChI is InChI=1S/C17H28N2O6/c1-5-22-15(20)18-9-11-12(10-19(18)16(21)23-6-2)17(3,4)13(11)14-24-7-8-25-14/h11-14H,5-10H2,1-4H3/t11-,12+,13-/m0/s1. The van der Waals surface area contributed by atoms with E-state index in [1.54, 1.807) is 13.8 Å². The van der Waals surface area contributed by atoms with E-state index in [0.717, 1.165) is 0 Å². The fourth-order valence-corrected chi connectivity index (χ4v) is 4.56. The van der Waals surface area contributed by atoms with Crippen molar-refractivity contribution >= 4 is 12.2 Å². The Bertz CT molecular complexity index is 519. The highest BCUT2D eigenvalue weighted by Gasteiger charge is 2.63. The summed E-state index contributed by atoms with van der Waals surface area (Å²) in [4.78, 5) is 24.7. The predicted molar refractivity (Wildman–Crippen MR) is 87.4 cm³/mol. The molecule has 8 heteroatoms. The number of carbonyl (C=O) groups excluding carboxylic acids is 2. The van der Waals surface area contributed by atoms with Crippen LogP contribution in [0.3, 0.4) is 0 Å². The zero-order valence-electron chi connectivity index (χ0n) is 15.4. The van der Waals surface area contributed by atoms with Crippen molar-refractivity contribution in [2.45, 2.75) is 34.0 Å². The number of ether oxygens (including phenoxy) is 4. The molecule has 2 saturated heterocycles. The van der Waals surface area contributed by atoms with Gasteiger partial charge in [0.2, 0.25) is 0 Å². The third kappa shape index (κ3) is 3.06. The number of carbonyl (C=O) groups is 2. The van der Waals surface area contributed by atoms with Crippen molar-refractivity contribution in [3.63, 3.8) is 0 Å². The van der Waals surface area contributed by atoms with Crippen LogP contribution in [0.15, 0.2) is 0 Å². The van der Waals surface area contributed by atoms with Crippen molar-refractivity contribution in [1.29, 1.82) is 0 Å². The molecule has 0 spiro atoms. The summed E-state index contributed by atoms with van der Waals surface area (Å²) in [6.45, 7) is 10.4. The van der Waals surface area contributed by atoms with E-state index in [-0.39, 0.29) is 42.7 Å². The maximum absolute atomic E-state index is 12.4. The highest BCUT2D eigenvalue weighted by Crippen LogP contribution is 2.60. The number of nitrogens with zero attached hydrogens (tertiary/aromatic N) is 2. The van der Waals surface area contributed by atoms with E-state index in [0.29, 0.717) is 26.3 Å². The van der Waals surface area contributed by atoms with Gasteiger partial charge in [0.15, 0.2) is 6.29 Å². The quantitative estimate of drug-likeness (QED) is 0.771. The summed E-state index contributed by atoms with van der Waals surface area (Å²) in [6, 6.07) is 0. The molecule has 0 aromatic carbocycles. The Labute approximate surface area is 148 Å². The monoisotopic (exact) mass is 356 g/mol. The van der Waals surface area contributed by atoms with Crippen LogP contribution in [0.4, 0.5) is 9.59 Å². The average Bonchev–Trinajstić information content (AvgIpc) is 3.07. The van der Waals surface area contributed by atoms with E-state index in [2.05, 4.69) is 13.8 Å². The van der Waals surface area contributed by atoms with Gasteiger partial charge in [-0.05, 0) is 31.1 Å². The van der Waals surface area contributed by atoms with Crippen LogP contribution >= 0.6 is 0 Å². The molecule has 142 valence electrons. The lowest BCUT2D eigenvalue weighted by molar-refractivity contribution is -0.254. The molecule has 1 saturated carbocycles. The van der Waals surface area contributed by atoms with Gasteiger partial charge < -0.3 is 18.9 Å². The van der Waals surface area contributed by atoms with Crippen LogP contribution in [0.25, 0.3) is 0 Å². The summed E-state index contributed by atoms with van der Waals surface area (Å²) < 4.78 is 21.7. The predicted octanol–water partition coefficient (Wildman–Crippen LogP) is 2.09. The van der Waals surface area contributed by atoms with Crippen LogP contribution < -0.4 is 0 Å². The Hall–Kier alpha value is -1.54. The summed E-state index contributed by atoms with van der Waals surface area (Å²) in [5.74, 6) is 0.634. The molecule has 25 heavy (non-hydrogen) atoms. The second-order valence-corrected chi connectivity index (χ2v) is 7.29. The number of rotatable bonds is 3. The zero-order chi connectivity index (χ0) is 18.2. The third-order valence-corrected chi connectivity index (χ3v) is 5.74. The molecule has 2 amide bonds. The molecule has 3 aliphatic rings. The number of amides is 2. The summed E-state index contributed by atoms with van der Waals surface area (Å²) in [6.07, 6.45) is -1.28. The van der Waals surface area contributed by atoms with Gasteiger partial charge in [0.1, 0.15) is 0 Å². The van der Waals surface area contributed by atoms with E-state index >= 15 is 0 Å². The number of hydrogen-bond acceptors (Lipinski definition) is 6. The van der Waals surface area contributed by atoms with E-state index in [1.165, 1.54) is 10.0 Å². The summed E-state index contributed by atoms with van der Waals surface area (Å²) >= 11 is 0. The third-order valence-electron chi connectivity index (χ3n) is 5.74. The zero-order valence-corrected chi connectivity index (χ0v) is 15.4. The van der Waals surface area contributed by atoms with E-state index in [4.69, 9.17) is 18.9 Å². The van der Waals surface area contributed by atoms with Crippen molar-refractivity contribution in [3.8, 4) is 0 Å². The van der Waals surface area contributed by atoms with Crippen LogP contribution in [0.1, 0.15) is 27.7 Å². The second-order valence-electron chi connectivity index (χ2n) is 7.29. The van der Waals surface area contributed by atoms with Gasteiger partial charge in [-0.15, -0.1) is 0 Å². The minimum Gasteiger partial charge on any atom is -0.448 e. The molecule has 0 bridgehead atoms. The van der Waals surface area contributed by atoms with Gasteiger partial charge in [-0.25, -0.2) is 19.6 Å². The lowest BCUT2D eigenvalue weighted by atomic mass is 9.47. The smallest absolute Gasteiger partial charge is 0.428 e. The lowest BCUT2D eigenvalue weighted by Gasteiger charge is -2.64. The molecule has 0 aromatic heterocycles. The molecule has 3 atom stereocenters. The lowest BCUT2D eigenvalue weighted by Crippen LogP contribution is -2.71. The van der Waals surface area contributed by atoms with Gasteiger partial charge in [0.25, 0.3) is 0 Å². The van der Waals surface area contributed by atoms with Crippen LogP contribution in [0.2, 0.25) is 0 Å². The molecule has 0 N–H and O–H groups in total. The summed E-state index contributed by atoms with van der Waals surface area (Å²) in [7, 11) is 0. The van der Waals surface area contributed by atoms with E-state index in [1.807, 2.05) is 0 Å². The van der Waals surface area contributed by atoms with Crippen molar-refractivity contribution in [1.82, 2.24) is 10.0 Å². The maximum Gasteiger partial charge on any atom is 0.428 e. The Morgan fingerprint density at radius 3 is 2.04 bits per heavy atom. The average molecular weight is 356 g/mol. The van der Waals surface area contributed by atoms with Gasteiger partial charge in [0, 0.05) is 19.0 Å². The molecule has 0 aromatic rings. The molecule has 3 rings (SSSR count). The first kappa shape index (κ1) is 18.3.